The quantitative estimate of drug-likeness (QED) is 0.879. The molecular weight excluding hydrogens is 268 g/mol. The molecule has 5 heteroatoms. The van der Waals surface area contributed by atoms with Crippen molar-refractivity contribution in [2.75, 3.05) is 0 Å². The highest BCUT2D eigenvalue weighted by molar-refractivity contribution is 5.95. The number of carboxylic acids is 1. The minimum atomic E-state index is -0.892. The Morgan fingerprint density at radius 2 is 1.86 bits per heavy atom. The van der Waals surface area contributed by atoms with Crippen LogP contribution in [-0.4, -0.2) is 22.0 Å². The maximum absolute atomic E-state index is 12.1. The van der Waals surface area contributed by atoms with Crippen molar-refractivity contribution in [3.05, 3.63) is 65.0 Å². The Hall–Kier alpha value is -2.69. The van der Waals surface area contributed by atoms with Gasteiger partial charge in [0.2, 0.25) is 0 Å². The lowest BCUT2D eigenvalue weighted by atomic mass is 10.0. The Labute approximate surface area is 122 Å². The molecule has 0 aliphatic carbocycles. The molecule has 5 nitrogen and oxygen atoms in total. The van der Waals surface area contributed by atoms with Gasteiger partial charge in [-0.15, -0.1) is 0 Å². The van der Waals surface area contributed by atoms with E-state index in [-0.39, 0.29) is 18.9 Å². The maximum atomic E-state index is 12.1. The number of aromatic nitrogens is 1. The number of amides is 1. The largest absolute Gasteiger partial charge is 0.481 e. The second kappa shape index (κ2) is 6.65. The van der Waals surface area contributed by atoms with Crippen molar-refractivity contribution in [3.8, 4) is 0 Å². The normalized spacial score (nSPS) is 10.1. The predicted molar refractivity (Wildman–Crippen MR) is 77.9 cm³/mol. The van der Waals surface area contributed by atoms with E-state index in [1.165, 1.54) is 0 Å². The van der Waals surface area contributed by atoms with Gasteiger partial charge in [0.05, 0.1) is 12.0 Å². The third kappa shape index (κ3) is 3.89. The Bertz CT molecular complexity index is 668. The van der Waals surface area contributed by atoms with Gasteiger partial charge in [0, 0.05) is 18.4 Å². The van der Waals surface area contributed by atoms with Crippen LogP contribution in [0.25, 0.3) is 0 Å². The number of benzene rings is 1. The lowest BCUT2D eigenvalue weighted by Gasteiger charge is -2.10. The van der Waals surface area contributed by atoms with Crippen LogP contribution < -0.4 is 5.32 Å². The lowest BCUT2D eigenvalue weighted by Crippen LogP contribution is -2.24. The van der Waals surface area contributed by atoms with Gasteiger partial charge in [-0.2, -0.15) is 0 Å². The number of hydrogen-bond donors (Lipinski definition) is 2. The van der Waals surface area contributed by atoms with Crippen LogP contribution >= 0.6 is 0 Å². The van der Waals surface area contributed by atoms with Crippen molar-refractivity contribution in [1.29, 1.82) is 0 Å². The summed E-state index contributed by atoms with van der Waals surface area (Å²) in [5.74, 6) is -1.11. The monoisotopic (exact) mass is 284 g/mol. The summed E-state index contributed by atoms with van der Waals surface area (Å²) < 4.78 is 0. The van der Waals surface area contributed by atoms with Crippen LogP contribution in [0.5, 0.6) is 0 Å². The molecule has 0 aliphatic rings. The SMILES string of the molecule is Cc1ncccc1C(=O)NCc1ccccc1CC(=O)O. The molecule has 0 saturated heterocycles. The van der Waals surface area contributed by atoms with E-state index in [9.17, 15) is 9.59 Å². The van der Waals surface area contributed by atoms with Gasteiger partial charge >= 0.3 is 5.97 Å². The number of carbonyl (C=O) groups excluding carboxylic acids is 1. The first-order valence-corrected chi connectivity index (χ1v) is 6.56. The molecule has 2 N–H and O–H groups in total. The number of nitrogens with one attached hydrogen (secondary N) is 1. The Kier molecular flexibility index (Phi) is 4.66. The summed E-state index contributed by atoms with van der Waals surface area (Å²) in [7, 11) is 0. The highest BCUT2D eigenvalue weighted by Crippen LogP contribution is 2.10. The molecule has 0 bridgehead atoms. The molecular formula is C16H16N2O3. The number of carbonyl (C=O) groups is 2. The van der Waals surface area contributed by atoms with Gasteiger partial charge in [-0.05, 0) is 30.2 Å². The van der Waals surface area contributed by atoms with Gasteiger partial charge in [0.1, 0.15) is 0 Å². The molecule has 1 aromatic carbocycles. The number of hydrogen-bond acceptors (Lipinski definition) is 3. The van der Waals surface area contributed by atoms with E-state index in [1.54, 1.807) is 37.4 Å². The summed E-state index contributed by atoms with van der Waals surface area (Å²) in [5.41, 5.74) is 2.69. The second-order valence-corrected chi connectivity index (χ2v) is 4.66. The molecule has 2 aromatic rings. The molecule has 2 rings (SSSR count). The highest BCUT2D eigenvalue weighted by Gasteiger charge is 2.11. The van der Waals surface area contributed by atoms with Crippen molar-refractivity contribution < 1.29 is 14.7 Å². The van der Waals surface area contributed by atoms with E-state index in [4.69, 9.17) is 5.11 Å². The predicted octanol–water partition coefficient (Wildman–Crippen LogP) is 1.95. The van der Waals surface area contributed by atoms with E-state index in [1.807, 2.05) is 12.1 Å². The van der Waals surface area contributed by atoms with E-state index in [0.29, 0.717) is 16.8 Å². The van der Waals surface area contributed by atoms with Crippen LogP contribution in [0.3, 0.4) is 0 Å². The van der Waals surface area contributed by atoms with E-state index < -0.39 is 5.97 Å². The summed E-state index contributed by atoms with van der Waals surface area (Å²) >= 11 is 0. The average molecular weight is 284 g/mol. The van der Waals surface area contributed by atoms with Crippen molar-refractivity contribution in [1.82, 2.24) is 10.3 Å². The minimum Gasteiger partial charge on any atom is -0.481 e. The average Bonchev–Trinajstić information content (AvgIpc) is 2.46. The molecule has 1 amide bonds. The first kappa shape index (κ1) is 14.7. The van der Waals surface area contributed by atoms with Crippen molar-refractivity contribution >= 4 is 11.9 Å². The van der Waals surface area contributed by atoms with Gasteiger partial charge in [-0.1, -0.05) is 24.3 Å². The fraction of sp³-hybridized carbons (Fsp3) is 0.188. The number of aryl methyl sites for hydroxylation is 1. The number of rotatable bonds is 5. The van der Waals surface area contributed by atoms with Gasteiger partial charge in [-0.25, -0.2) is 0 Å². The van der Waals surface area contributed by atoms with Crippen LogP contribution in [0, 0.1) is 6.92 Å². The molecule has 0 radical (unpaired) electrons. The van der Waals surface area contributed by atoms with Crippen LogP contribution in [-0.2, 0) is 17.8 Å². The maximum Gasteiger partial charge on any atom is 0.307 e. The third-order valence-corrected chi connectivity index (χ3v) is 3.15. The molecule has 0 unspecified atom stereocenters. The Morgan fingerprint density at radius 3 is 2.52 bits per heavy atom. The number of nitrogens with zero attached hydrogens (tertiary/aromatic N) is 1. The summed E-state index contributed by atoms with van der Waals surface area (Å²) in [5, 5.41) is 11.7. The van der Waals surface area contributed by atoms with Gasteiger partial charge in [-0.3, -0.25) is 14.6 Å². The molecule has 0 saturated carbocycles. The van der Waals surface area contributed by atoms with E-state index >= 15 is 0 Å². The van der Waals surface area contributed by atoms with Crippen molar-refractivity contribution in [2.24, 2.45) is 0 Å². The van der Waals surface area contributed by atoms with Gasteiger partial charge in [0.15, 0.2) is 0 Å². The number of aliphatic carboxylic acids is 1. The lowest BCUT2D eigenvalue weighted by molar-refractivity contribution is -0.136. The zero-order valence-electron chi connectivity index (χ0n) is 11.7. The van der Waals surface area contributed by atoms with Crippen molar-refractivity contribution in [2.45, 2.75) is 19.9 Å². The molecule has 0 aliphatic heterocycles. The molecule has 21 heavy (non-hydrogen) atoms. The van der Waals surface area contributed by atoms with E-state index in [0.717, 1.165) is 5.56 Å². The molecule has 0 spiro atoms. The first-order chi connectivity index (χ1) is 10.1. The first-order valence-electron chi connectivity index (χ1n) is 6.56. The van der Waals surface area contributed by atoms with Crippen LogP contribution in [0.1, 0.15) is 27.2 Å². The summed E-state index contributed by atoms with van der Waals surface area (Å²) in [6.07, 6.45) is 1.58. The topological polar surface area (TPSA) is 79.3 Å². The summed E-state index contributed by atoms with van der Waals surface area (Å²) in [4.78, 5) is 27.0. The number of pyridine rings is 1. The second-order valence-electron chi connectivity index (χ2n) is 4.66. The smallest absolute Gasteiger partial charge is 0.307 e. The molecule has 1 aromatic heterocycles. The minimum absolute atomic E-state index is 0.0576. The van der Waals surface area contributed by atoms with Gasteiger partial charge < -0.3 is 10.4 Å². The highest BCUT2D eigenvalue weighted by atomic mass is 16.4. The standard InChI is InChI=1S/C16H16N2O3/c1-11-14(7-4-8-17-11)16(21)18-10-13-6-3-2-5-12(13)9-15(19)20/h2-8H,9-10H2,1H3,(H,18,21)(H,19,20). The van der Waals surface area contributed by atoms with Crippen LogP contribution in [0.4, 0.5) is 0 Å². The van der Waals surface area contributed by atoms with E-state index in [2.05, 4.69) is 10.3 Å². The summed E-state index contributed by atoms with van der Waals surface area (Å²) in [6.45, 7) is 2.06. The van der Waals surface area contributed by atoms with Crippen molar-refractivity contribution in [3.63, 3.8) is 0 Å². The number of carboxylic acid groups (broad SMARTS) is 1. The third-order valence-electron chi connectivity index (χ3n) is 3.15. The zero-order valence-corrected chi connectivity index (χ0v) is 11.7. The molecule has 0 fully saturated rings. The van der Waals surface area contributed by atoms with Crippen LogP contribution in [0.15, 0.2) is 42.6 Å². The van der Waals surface area contributed by atoms with Crippen LogP contribution in [0.2, 0.25) is 0 Å². The Balaban J connectivity index is 2.08. The fourth-order valence-corrected chi connectivity index (χ4v) is 2.06. The molecule has 0 atom stereocenters. The zero-order chi connectivity index (χ0) is 15.2. The molecule has 1 heterocycles. The fourth-order valence-electron chi connectivity index (χ4n) is 2.06. The van der Waals surface area contributed by atoms with Gasteiger partial charge in [0.25, 0.3) is 5.91 Å². The molecule has 108 valence electrons. The summed E-state index contributed by atoms with van der Waals surface area (Å²) in [6, 6.07) is 10.6. The Morgan fingerprint density at radius 1 is 1.14 bits per heavy atom.